The number of aromatic nitrogens is 3. The average Bonchev–Trinajstić information content (AvgIpc) is 2.69. The molecule has 146 valence electrons. The summed E-state index contributed by atoms with van der Waals surface area (Å²) in [5.41, 5.74) is 1.47. The molecule has 27 heavy (non-hydrogen) atoms. The van der Waals surface area contributed by atoms with Gasteiger partial charge in [0.15, 0.2) is 0 Å². The fourth-order valence-electron chi connectivity index (χ4n) is 3.06. The molecule has 0 saturated heterocycles. The lowest BCUT2D eigenvalue weighted by Gasteiger charge is -2.27. The number of alkyl halides is 1. The van der Waals surface area contributed by atoms with Crippen molar-refractivity contribution in [2.24, 2.45) is 0 Å². The van der Waals surface area contributed by atoms with Gasteiger partial charge in [-0.2, -0.15) is 4.98 Å². The number of nitrogens with zero attached hydrogens (tertiary/aromatic N) is 3. The summed E-state index contributed by atoms with van der Waals surface area (Å²) in [6, 6.07) is 3.80. The first kappa shape index (κ1) is 19.8. The number of hydrogen-bond donors (Lipinski definition) is 3. The second-order valence-corrected chi connectivity index (χ2v) is 7.29. The quantitative estimate of drug-likeness (QED) is 0.657. The molecular formula is C19H25ClFN5O. The molecule has 0 radical (unpaired) electrons. The third-order valence-corrected chi connectivity index (χ3v) is 4.98. The van der Waals surface area contributed by atoms with Gasteiger partial charge in [0.2, 0.25) is 5.95 Å². The van der Waals surface area contributed by atoms with Crippen molar-refractivity contribution in [1.82, 2.24) is 15.0 Å². The molecule has 8 heteroatoms. The van der Waals surface area contributed by atoms with Crippen LogP contribution in [-0.2, 0) is 0 Å². The van der Waals surface area contributed by atoms with E-state index in [0.29, 0.717) is 28.9 Å². The zero-order valence-electron chi connectivity index (χ0n) is 15.3. The van der Waals surface area contributed by atoms with Crippen molar-refractivity contribution in [2.75, 3.05) is 17.2 Å². The lowest BCUT2D eigenvalue weighted by molar-refractivity contribution is 0.126. The van der Waals surface area contributed by atoms with Crippen LogP contribution in [0.15, 0.2) is 24.5 Å². The number of rotatable bonds is 7. The topological polar surface area (TPSA) is 83.0 Å². The predicted molar refractivity (Wildman–Crippen MR) is 106 cm³/mol. The van der Waals surface area contributed by atoms with E-state index in [4.69, 9.17) is 11.6 Å². The highest BCUT2D eigenvalue weighted by molar-refractivity contribution is 6.30. The summed E-state index contributed by atoms with van der Waals surface area (Å²) in [6.45, 7) is 1.97. The van der Waals surface area contributed by atoms with Crippen molar-refractivity contribution in [3.05, 3.63) is 29.5 Å². The highest BCUT2D eigenvalue weighted by atomic mass is 35.5. The van der Waals surface area contributed by atoms with Crippen LogP contribution in [0.5, 0.6) is 0 Å². The normalized spacial score (nSPS) is 20.9. The van der Waals surface area contributed by atoms with Gasteiger partial charge in [-0.15, -0.1) is 0 Å². The second-order valence-electron chi connectivity index (χ2n) is 6.85. The number of hydrogen-bond acceptors (Lipinski definition) is 6. The molecule has 1 aliphatic carbocycles. The number of pyridine rings is 1. The Bertz CT molecular complexity index is 737. The molecule has 0 bridgehead atoms. The standard InChI is InChI=1S/C19H25ClFN5O/c1-2-13(21)10-23-19-24-11-16(17-8-3-12(20)9-22-17)18(26-19)25-14-4-6-15(27)7-5-14/h3,8-9,11,13-15,27H,2,4-7,10H2,1H3,(H2,23,24,25,26)/t13-,14-,15-/m0/s1. The van der Waals surface area contributed by atoms with E-state index >= 15 is 0 Å². The van der Waals surface area contributed by atoms with Crippen molar-refractivity contribution >= 4 is 23.4 Å². The van der Waals surface area contributed by atoms with Crippen molar-refractivity contribution in [2.45, 2.75) is 57.3 Å². The van der Waals surface area contributed by atoms with E-state index in [1.807, 2.05) is 6.07 Å². The van der Waals surface area contributed by atoms with Gasteiger partial charge in [0.05, 0.1) is 22.4 Å². The minimum atomic E-state index is -0.942. The molecule has 0 aromatic carbocycles. The molecule has 0 spiro atoms. The van der Waals surface area contributed by atoms with Gasteiger partial charge in [-0.1, -0.05) is 18.5 Å². The lowest BCUT2D eigenvalue weighted by atomic mass is 9.93. The molecule has 2 heterocycles. The van der Waals surface area contributed by atoms with Gasteiger partial charge in [-0.05, 0) is 44.2 Å². The third kappa shape index (κ3) is 5.49. The average molecular weight is 394 g/mol. The maximum Gasteiger partial charge on any atom is 0.224 e. The van der Waals surface area contributed by atoms with Gasteiger partial charge >= 0.3 is 0 Å². The Morgan fingerprint density at radius 3 is 2.67 bits per heavy atom. The van der Waals surface area contributed by atoms with E-state index in [-0.39, 0.29) is 18.7 Å². The number of aliphatic hydroxyl groups is 1. The molecule has 1 atom stereocenters. The van der Waals surface area contributed by atoms with Crippen LogP contribution in [0.4, 0.5) is 16.2 Å². The molecule has 2 aromatic rings. The number of halogens is 2. The molecule has 3 N–H and O–H groups in total. The number of aliphatic hydroxyl groups excluding tert-OH is 1. The maximum absolute atomic E-state index is 13.5. The molecule has 6 nitrogen and oxygen atoms in total. The van der Waals surface area contributed by atoms with E-state index in [9.17, 15) is 9.50 Å². The highest BCUT2D eigenvalue weighted by Crippen LogP contribution is 2.29. The summed E-state index contributed by atoms with van der Waals surface area (Å²) in [5, 5.41) is 16.7. The minimum Gasteiger partial charge on any atom is -0.393 e. The van der Waals surface area contributed by atoms with Crippen LogP contribution in [-0.4, -0.2) is 44.9 Å². The largest absolute Gasteiger partial charge is 0.393 e. The van der Waals surface area contributed by atoms with E-state index in [1.54, 1.807) is 25.4 Å². The van der Waals surface area contributed by atoms with Crippen LogP contribution < -0.4 is 10.6 Å². The summed E-state index contributed by atoms with van der Waals surface area (Å²) in [6.07, 6.45) is 5.80. The smallest absolute Gasteiger partial charge is 0.224 e. The predicted octanol–water partition coefficient (Wildman–Crippen LogP) is 4.07. The van der Waals surface area contributed by atoms with Crippen LogP contribution in [0.25, 0.3) is 11.3 Å². The molecular weight excluding hydrogens is 369 g/mol. The first-order valence-corrected chi connectivity index (χ1v) is 9.74. The van der Waals surface area contributed by atoms with Gasteiger partial charge in [0.25, 0.3) is 0 Å². The zero-order valence-corrected chi connectivity index (χ0v) is 16.1. The van der Waals surface area contributed by atoms with Gasteiger partial charge in [-0.25, -0.2) is 9.37 Å². The van der Waals surface area contributed by atoms with Crippen LogP contribution in [0, 0.1) is 0 Å². The second kappa shape index (κ2) is 9.28. The van der Waals surface area contributed by atoms with E-state index in [0.717, 1.165) is 31.2 Å². The van der Waals surface area contributed by atoms with Crippen LogP contribution >= 0.6 is 11.6 Å². The summed E-state index contributed by atoms with van der Waals surface area (Å²) in [5.74, 6) is 1.03. The fraction of sp³-hybridized carbons (Fsp3) is 0.526. The molecule has 0 amide bonds. The van der Waals surface area contributed by atoms with Crippen LogP contribution in [0.3, 0.4) is 0 Å². The Morgan fingerprint density at radius 2 is 2.00 bits per heavy atom. The highest BCUT2D eigenvalue weighted by Gasteiger charge is 2.21. The zero-order chi connectivity index (χ0) is 19.2. The van der Waals surface area contributed by atoms with Gasteiger partial charge in [-0.3, -0.25) is 4.98 Å². The van der Waals surface area contributed by atoms with Crippen molar-refractivity contribution in [3.8, 4) is 11.3 Å². The molecule has 1 aliphatic rings. The van der Waals surface area contributed by atoms with E-state index in [2.05, 4.69) is 25.6 Å². The third-order valence-electron chi connectivity index (χ3n) is 4.75. The van der Waals surface area contributed by atoms with Gasteiger partial charge in [0, 0.05) is 25.0 Å². The maximum atomic E-state index is 13.5. The van der Waals surface area contributed by atoms with E-state index < -0.39 is 6.17 Å². The summed E-state index contributed by atoms with van der Waals surface area (Å²) >= 11 is 5.94. The number of anilines is 2. The Labute approximate surface area is 163 Å². The molecule has 0 aliphatic heterocycles. The molecule has 3 rings (SSSR count). The first-order valence-electron chi connectivity index (χ1n) is 9.36. The fourth-order valence-corrected chi connectivity index (χ4v) is 3.17. The monoisotopic (exact) mass is 393 g/mol. The Balaban J connectivity index is 1.83. The summed E-state index contributed by atoms with van der Waals surface area (Å²) in [4.78, 5) is 13.2. The molecule has 1 saturated carbocycles. The Kier molecular flexibility index (Phi) is 6.79. The van der Waals surface area contributed by atoms with Crippen LogP contribution in [0.2, 0.25) is 5.02 Å². The molecule has 1 fully saturated rings. The number of nitrogens with one attached hydrogen (secondary N) is 2. The Hall–Kier alpha value is -1.99. The van der Waals surface area contributed by atoms with E-state index in [1.165, 1.54) is 0 Å². The summed E-state index contributed by atoms with van der Waals surface area (Å²) in [7, 11) is 0. The molecule has 2 aromatic heterocycles. The van der Waals surface area contributed by atoms with Crippen molar-refractivity contribution < 1.29 is 9.50 Å². The Morgan fingerprint density at radius 1 is 1.22 bits per heavy atom. The minimum absolute atomic E-state index is 0.171. The van der Waals surface area contributed by atoms with Gasteiger partial charge < -0.3 is 15.7 Å². The summed E-state index contributed by atoms with van der Waals surface area (Å²) < 4.78 is 13.5. The SMILES string of the molecule is CC[C@H](F)CNc1ncc(-c2ccc(Cl)cn2)c(N[C@H]2CC[C@H](O)CC2)n1. The van der Waals surface area contributed by atoms with Crippen LogP contribution in [0.1, 0.15) is 39.0 Å². The molecule has 0 unspecified atom stereocenters. The van der Waals surface area contributed by atoms with Crippen molar-refractivity contribution in [3.63, 3.8) is 0 Å². The lowest BCUT2D eigenvalue weighted by Crippen LogP contribution is -2.29. The van der Waals surface area contributed by atoms with Crippen molar-refractivity contribution in [1.29, 1.82) is 0 Å². The van der Waals surface area contributed by atoms with Gasteiger partial charge in [0.1, 0.15) is 12.0 Å². The first-order chi connectivity index (χ1) is 13.0.